The van der Waals surface area contributed by atoms with Crippen molar-refractivity contribution in [1.82, 2.24) is 5.32 Å². The highest BCUT2D eigenvalue weighted by Gasteiger charge is 2.21. The third kappa shape index (κ3) is 2.90. The van der Waals surface area contributed by atoms with Crippen LogP contribution in [0.2, 0.25) is 0 Å². The van der Waals surface area contributed by atoms with Crippen molar-refractivity contribution in [3.05, 3.63) is 23.8 Å². The maximum Gasteiger partial charge on any atom is 0.251 e. The molecule has 0 aliphatic heterocycles. The second-order valence-electron chi connectivity index (χ2n) is 4.82. The van der Waals surface area contributed by atoms with Gasteiger partial charge in [0.2, 0.25) is 0 Å². The highest BCUT2D eigenvalue weighted by Crippen LogP contribution is 2.28. The zero-order valence-corrected chi connectivity index (χ0v) is 10.4. The molecule has 1 aliphatic carbocycles. The molecule has 0 heterocycles. The van der Waals surface area contributed by atoms with Crippen LogP contribution in [0.15, 0.2) is 18.2 Å². The van der Waals surface area contributed by atoms with E-state index in [9.17, 15) is 4.79 Å². The summed E-state index contributed by atoms with van der Waals surface area (Å²) in [6.07, 6.45) is 2.48. The summed E-state index contributed by atoms with van der Waals surface area (Å²) >= 11 is 0. The number of amides is 1. The van der Waals surface area contributed by atoms with E-state index in [1.54, 1.807) is 6.07 Å². The number of anilines is 2. The van der Waals surface area contributed by atoms with Crippen LogP contribution in [0.3, 0.4) is 0 Å². The molecule has 0 radical (unpaired) electrons. The first kappa shape index (κ1) is 11.8. The molecule has 0 aromatic heterocycles. The lowest BCUT2D eigenvalue weighted by molar-refractivity contribution is 0.0952. The second-order valence-corrected chi connectivity index (χ2v) is 4.82. The lowest BCUT2D eigenvalue weighted by Crippen LogP contribution is -2.25. The van der Waals surface area contributed by atoms with Crippen molar-refractivity contribution in [2.24, 2.45) is 5.92 Å². The number of hydrogen-bond acceptors (Lipinski definition) is 3. The van der Waals surface area contributed by atoms with E-state index < -0.39 is 0 Å². The summed E-state index contributed by atoms with van der Waals surface area (Å²) in [6, 6.07) is 5.42. The molecule has 92 valence electrons. The minimum atomic E-state index is -0.0334. The lowest BCUT2D eigenvalue weighted by atomic mass is 10.1. The smallest absolute Gasteiger partial charge is 0.251 e. The SMILES string of the molecule is CN(C)c1ccc(C(=O)NCC2CC2)cc1N. The Morgan fingerprint density at radius 3 is 2.71 bits per heavy atom. The topological polar surface area (TPSA) is 58.4 Å². The largest absolute Gasteiger partial charge is 0.397 e. The molecule has 1 aliphatic rings. The average Bonchev–Trinajstić information content (AvgIpc) is 3.09. The fourth-order valence-electron chi connectivity index (χ4n) is 1.76. The van der Waals surface area contributed by atoms with Crippen molar-refractivity contribution >= 4 is 17.3 Å². The summed E-state index contributed by atoms with van der Waals surface area (Å²) in [5, 5.41) is 2.93. The van der Waals surface area contributed by atoms with Crippen LogP contribution >= 0.6 is 0 Å². The van der Waals surface area contributed by atoms with Crippen molar-refractivity contribution in [3.8, 4) is 0 Å². The molecule has 1 fully saturated rings. The molecule has 0 bridgehead atoms. The van der Waals surface area contributed by atoms with Gasteiger partial charge in [0.05, 0.1) is 11.4 Å². The monoisotopic (exact) mass is 233 g/mol. The number of carbonyl (C=O) groups excluding carboxylic acids is 1. The molecule has 1 aromatic carbocycles. The molecular weight excluding hydrogens is 214 g/mol. The van der Waals surface area contributed by atoms with Crippen LogP contribution in [-0.2, 0) is 0 Å². The van der Waals surface area contributed by atoms with E-state index in [0.29, 0.717) is 17.2 Å². The molecule has 1 saturated carbocycles. The number of rotatable bonds is 4. The van der Waals surface area contributed by atoms with Gasteiger partial charge in [0, 0.05) is 26.2 Å². The van der Waals surface area contributed by atoms with E-state index in [4.69, 9.17) is 5.73 Å². The quantitative estimate of drug-likeness (QED) is 0.774. The summed E-state index contributed by atoms with van der Waals surface area (Å²) in [6.45, 7) is 0.786. The van der Waals surface area contributed by atoms with E-state index in [1.807, 2.05) is 31.1 Å². The minimum Gasteiger partial charge on any atom is -0.397 e. The van der Waals surface area contributed by atoms with Crippen molar-refractivity contribution in [2.45, 2.75) is 12.8 Å². The van der Waals surface area contributed by atoms with Gasteiger partial charge in [0.1, 0.15) is 0 Å². The third-order valence-corrected chi connectivity index (χ3v) is 3.02. The van der Waals surface area contributed by atoms with Gasteiger partial charge >= 0.3 is 0 Å². The number of nitrogens with one attached hydrogen (secondary N) is 1. The Bertz CT molecular complexity index is 425. The van der Waals surface area contributed by atoms with Crippen LogP contribution in [0.4, 0.5) is 11.4 Å². The Morgan fingerprint density at radius 1 is 1.47 bits per heavy atom. The van der Waals surface area contributed by atoms with Gasteiger partial charge in [-0.3, -0.25) is 4.79 Å². The maximum atomic E-state index is 11.8. The van der Waals surface area contributed by atoms with Gasteiger partial charge < -0.3 is 16.0 Å². The number of carbonyl (C=O) groups is 1. The van der Waals surface area contributed by atoms with Gasteiger partial charge in [-0.05, 0) is 37.0 Å². The Kier molecular flexibility index (Phi) is 3.22. The molecule has 17 heavy (non-hydrogen) atoms. The molecule has 4 nitrogen and oxygen atoms in total. The Balaban J connectivity index is 2.04. The van der Waals surface area contributed by atoms with Crippen LogP contribution in [-0.4, -0.2) is 26.5 Å². The summed E-state index contributed by atoms with van der Waals surface area (Å²) < 4.78 is 0. The zero-order valence-electron chi connectivity index (χ0n) is 10.4. The van der Waals surface area contributed by atoms with Gasteiger partial charge in [-0.15, -0.1) is 0 Å². The molecule has 0 spiro atoms. The van der Waals surface area contributed by atoms with Crippen LogP contribution in [0.25, 0.3) is 0 Å². The van der Waals surface area contributed by atoms with Crippen molar-refractivity contribution < 1.29 is 4.79 Å². The zero-order chi connectivity index (χ0) is 12.4. The van der Waals surface area contributed by atoms with Crippen LogP contribution < -0.4 is 16.0 Å². The van der Waals surface area contributed by atoms with Gasteiger partial charge in [-0.1, -0.05) is 0 Å². The maximum absolute atomic E-state index is 11.8. The Labute approximate surface area is 102 Å². The summed E-state index contributed by atoms with van der Waals surface area (Å²) in [5.74, 6) is 0.659. The molecule has 1 aromatic rings. The normalized spacial score (nSPS) is 14.5. The van der Waals surface area contributed by atoms with E-state index >= 15 is 0 Å². The van der Waals surface area contributed by atoms with Crippen LogP contribution in [0.1, 0.15) is 23.2 Å². The number of hydrogen-bond donors (Lipinski definition) is 2. The van der Waals surface area contributed by atoms with Crippen LogP contribution in [0.5, 0.6) is 0 Å². The highest BCUT2D eigenvalue weighted by molar-refractivity contribution is 5.96. The lowest BCUT2D eigenvalue weighted by Gasteiger charge is -2.15. The Morgan fingerprint density at radius 2 is 2.18 bits per heavy atom. The number of nitrogens with zero attached hydrogens (tertiary/aromatic N) is 1. The van der Waals surface area contributed by atoms with E-state index in [0.717, 1.165) is 12.2 Å². The van der Waals surface area contributed by atoms with Crippen molar-refractivity contribution in [1.29, 1.82) is 0 Å². The van der Waals surface area contributed by atoms with E-state index in [1.165, 1.54) is 12.8 Å². The molecular formula is C13H19N3O. The third-order valence-electron chi connectivity index (χ3n) is 3.02. The Hall–Kier alpha value is -1.71. The summed E-state index contributed by atoms with van der Waals surface area (Å²) in [4.78, 5) is 13.8. The number of nitrogens with two attached hydrogens (primary N) is 1. The molecule has 0 atom stereocenters. The predicted molar refractivity (Wildman–Crippen MR) is 70.2 cm³/mol. The molecule has 2 rings (SSSR count). The fourth-order valence-corrected chi connectivity index (χ4v) is 1.76. The van der Waals surface area contributed by atoms with E-state index in [2.05, 4.69) is 5.32 Å². The standard InChI is InChI=1S/C13H19N3O/c1-16(2)12-6-5-10(7-11(12)14)13(17)15-8-9-3-4-9/h5-7,9H,3-4,8,14H2,1-2H3,(H,15,17). The summed E-state index contributed by atoms with van der Waals surface area (Å²) in [5.41, 5.74) is 8.11. The molecule has 0 saturated heterocycles. The number of benzene rings is 1. The van der Waals surface area contributed by atoms with Gasteiger partial charge in [-0.2, -0.15) is 0 Å². The van der Waals surface area contributed by atoms with Gasteiger partial charge in [0.25, 0.3) is 5.91 Å². The summed E-state index contributed by atoms with van der Waals surface area (Å²) in [7, 11) is 3.86. The van der Waals surface area contributed by atoms with Gasteiger partial charge in [0.15, 0.2) is 0 Å². The molecule has 1 amide bonds. The fraction of sp³-hybridized carbons (Fsp3) is 0.462. The van der Waals surface area contributed by atoms with Crippen LogP contribution in [0, 0.1) is 5.92 Å². The predicted octanol–water partition coefficient (Wildman–Crippen LogP) is 1.47. The molecule has 4 heteroatoms. The first-order valence-electron chi connectivity index (χ1n) is 5.93. The first-order valence-corrected chi connectivity index (χ1v) is 5.93. The van der Waals surface area contributed by atoms with Crippen molar-refractivity contribution in [3.63, 3.8) is 0 Å². The van der Waals surface area contributed by atoms with E-state index in [-0.39, 0.29) is 5.91 Å². The first-order chi connectivity index (χ1) is 8.08. The highest BCUT2D eigenvalue weighted by atomic mass is 16.1. The second kappa shape index (κ2) is 4.65. The minimum absolute atomic E-state index is 0.0334. The average molecular weight is 233 g/mol. The number of nitrogen functional groups attached to an aromatic ring is 1. The molecule has 3 N–H and O–H groups in total. The van der Waals surface area contributed by atoms with Gasteiger partial charge in [-0.25, -0.2) is 0 Å². The van der Waals surface area contributed by atoms with Crippen molar-refractivity contribution in [2.75, 3.05) is 31.3 Å². The molecule has 0 unspecified atom stereocenters.